The minimum Gasteiger partial charge on any atom is -0.399 e. The van der Waals surface area contributed by atoms with Crippen molar-refractivity contribution in [2.45, 2.75) is 12.1 Å². The molecule has 1 atom stereocenters. The van der Waals surface area contributed by atoms with Crippen molar-refractivity contribution in [2.24, 2.45) is 0 Å². The summed E-state index contributed by atoms with van der Waals surface area (Å²) in [6.07, 6.45) is 0.0409. The van der Waals surface area contributed by atoms with Crippen LogP contribution in [0.4, 0.5) is 10.1 Å². The number of nitrogen functional groups attached to an aromatic ring is 1. The summed E-state index contributed by atoms with van der Waals surface area (Å²) in [5, 5.41) is 0. The predicted octanol–water partition coefficient (Wildman–Crippen LogP) is 1.25. The average Bonchev–Trinajstić information content (AvgIpc) is 2.43. The van der Waals surface area contributed by atoms with Gasteiger partial charge >= 0.3 is 0 Å². The molecule has 0 saturated carbocycles. The number of anilines is 1. The van der Waals surface area contributed by atoms with Gasteiger partial charge in [0.05, 0.1) is 11.5 Å². The summed E-state index contributed by atoms with van der Waals surface area (Å²) < 4.78 is 36.7. The molecule has 5 heteroatoms. The Morgan fingerprint density at radius 3 is 2.33 bits per heavy atom. The number of nitrogens with two attached hydrogens (primary N) is 1. The topological polar surface area (TPSA) is 60.2 Å². The van der Waals surface area contributed by atoms with Crippen LogP contribution in [0.1, 0.15) is 12.0 Å². The molecular formula is C10H12FNO2S. The Bertz CT molecular complexity index is 469. The van der Waals surface area contributed by atoms with E-state index in [9.17, 15) is 12.8 Å². The van der Waals surface area contributed by atoms with Crippen LogP contribution in [0.3, 0.4) is 0 Å². The second-order valence-electron chi connectivity index (χ2n) is 3.93. The van der Waals surface area contributed by atoms with Gasteiger partial charge in [0, 0.05) is 12.1 Å². The van der Waals surface area contributed by atoms with Gasteiger partial charge < -0.3 is 5.73 Å². The van der Waals surface area contributed by atoms with Gasteiger partial charge in [0.15, 0.2) is 15.5 Å². The molecule has 1 aromatic rings. The highest BCUT2D eigenvalue weighted by atomic mass is 32.2. The number of alkyl halides is 1. The Labute approximate surface area is 88.0 Å². The molecule has 82 valence electrons. The van der Waals surface area contributed by atoms with Crippen LogP contribution >= 0.6 is 0 Å². The maximum atomic E-state index is 14.3. The normalized spacial score (nSPS) is 29.1. The van der Waals surface area contributed by atoms with Gasteiger partial charge in [0.25, 0.3) is 0 Å². The molecule has 1 aromatic carbocycles. The lowest BCUT2D eigenvalue weighted by Gasteiger charge is -2.17. The van der Waals surface area contributed by atoms with E-state index >= 15 is 0 Å². The van der Waals surface area contributed by atoms with Crippen LogP contribution in [0, 0.1) is 0 Å². The molecule has 0 spiro atoms. The van der Waals surface area contributed by atoms with Crippen LogP contribution in [0.15, 0.2) is 24.3 Å². The number of sulfone groups is 1. The van der Waals surface area contributed by atoms with E-state index in [1.807, 2.05) is 0 Å². The fourth-order valence-electron chi connectivity index (χ4n) is 1.82. The average molecular weight is 229 g/mol. The first kappa shape index (κ1) is 10.4. The number of hydrogen-bond acceptors (Lipinski definition) is 3. The summed E-state index contributed by atoms with van der Waals surface area (Å²) in [5.41, 5.74) is 4.70. The lowest BCUT2D eigenvalue weighted by atomic mass is 9.95. The van der Waals surface area contributed by atoms with Crippen molar-refractivity contribution in [3.8, 4) is 0 Å². The molecule has 0 radical (unpaired) electrons. The van der Waals surface area contributed by atoms with Crippen molar-refractivity contribution in [1.29, 1.82) is 0 Å². The fraction of sp³-hybridized carbons (Fsp3) is 0.400. The quantitative estimate of drug-likeness (QED) is 0.737. The summed E-state index contributed by atoms with van der Waals surface area (Å²) in [5.74, 6) is -0.488. The first-order valence-electron chi connectivity index (χ1n) is 4.67. The van der Waals surface area contributed by atoms with Gasteiger partial charge in [-0.1, -0.05) is 12.1 Å². The summed E-state index contributed by atoms with van der Waals surface area (Å²) >= 11 is 0. The van der Waals surface area contributed by atoms with Crippen LogP contribution in [-0.2, 0) is 15.5 Å². The Kier molecular flexibility index (Phi) is 2.22. The maximum absolute atomic E-state index is 14.3. The minimum absolute atomic E-state index is 0.0409. The third-order valence-corrected chi connectivity index (χ3v) is 4.41. The van der Waals surface area contributed by atoms with Gasteiger partial charge in [0.2, 0.25) is 0 Å². The van der Waals surface area contributed by atoms with Crippen LogP contribution in [0.2, 0.25) is 0 Å². The zero-order chi connectivity index (χ0) is 11.1. The second-order valence-corrected chi connectivity index (χ2v) is 6.11. The van der Waals surface area contributed by atoms with Gasteiger partial charge in [-0.15, -0.1) is 0 Å². The van der Waals surface area contributed by atoms with Crippen LogP contribution in [0.5, 0.6) is 0 Å². The molecule has 0 amide bonds. The van der Waals surface area contributed by atoms with E-state index in [0.29, 0.717) is 11.3 Å². The van der Waals surface area contributed by atoms with E-state index in [1.165, 1.54) is 0 Å². The zero-order valence-corrected chi connectivity index (χ0v) is 8.93. The van der Waals surface area contributed by atoms with Crippen molar-refractivity contribution in [3.05, 3.63) is 29.8 Å². The summed E-state index contributed by atoms with van der Waals surface area (Å²) in [6.45, 7) is 0. The van der Waals surface area contributed by atoms with Crippen LogP contribution in [-0.4, -0.2) is 19.9 Å². The van der Waals surface area contributed by atoms with Crippen molar-refractivity contribution >= 4 is 15.5 Å². The Balaban J connectivity index is 2.35. The van der Waals surface area contributed by atoms with E-state index in [0.717, 1.165) is 0 Å². The third kappa shape index (κ3) is 1.97. The van der Waals surface area contributed by atoms with Crippen molar-refractivity contribution < 1.29 is 12.8 Å². The Morgan fingerprint density at radius 1 is 1.27 bits per heavy atom. The number of rotatable bonds is 1. The number of halogens is 1. The summed E-state index contributed by atoms with van der Waals surface area (Å²) in [4.78, 5) is 0. The van der Waals surface area contributed by atoms with E-state index in [4.69, 9.17) is 5.73 Å². The molecule has 0 bridgehead atoms. The van der Waals surface area contributed by atoms with Crippen LogP contribution in [0.25, 0.3) is 0 Å². The van der Waals surface area contributed by atoms with Gasteiger partial charge in [-0.2, -0.15) is 0 Å². The predicted molar refractivity (Wildman–Crippen MR) is 56.9 cm³/mol. The number of benzene rings is 1. The SMILES string of the molecule is Nc1ccc(C2(F)CCS(=O)(=O)C2)cc1. The fourth-order valence-corrected chi connectivity index (χ4v) is 3.61. The Hall–Kier alpha value is -1.10. The standard InChI is InChI=1S/C10H12FNO2S/c11-10(5-6-15(13,14)7-10)8-1-3-9(12)4-2-8/h1-4H,5-7,12H2. The van der Waals surface area contributed by atoms with Crippen molar-refractivity contribution in [3.63, 3.8) is 0 Å². The molecule has 1 fully saturated rings. The summed E-state index contributed by atoms with van der Waals surface area (Å²) in [7, 11) is -3.22. The molecule has 1 aliphatic rings. The maximum Gasteiger partial charge on any atom is 0.153 e. The lowest BCUT2D eigenvalue weighted by Crippen LogP contribution is -2.21. The molecule has 0 aromatic heterocycles. The molecule has 1 heterocycles. The van der Waals surface area contributed by atoms with Gasteiger partial charge in [-0.25, -0.2) is 12.8 Å². The molecule has 3 nitrogen and oxygen atoms in total. The molecular weight excluding hydrogens is 217 g/mol. The minimum atomic E-state index is -3.22. The first-order valence-corrected chi connectivity index (χ1v) is 6.49. The van der Waals surface area contributed by atoms with Crippen LogP contribution < -0.4 is 5.73 Å². The van der Waals surface area contributed by atoms with Crippen molar-refractivity contribution in [1.82, 2.24) is 0 Å². The highest BCUT2D eigenvalue weighted by Crippen LogP contribution is 2.37. The van der Waals surface area contributed by atoms with Crippen molar-refractivity contribution in [2.75, 3.05) is 17.2 Å². The first-order chi connectivity index (χ1) is 6.91. The van der Waals surface area contributed by atoms with Gasteiger partial charge in [-0.3, -0.25) is 0 Å². The molecule has 1 saturated heterocycles. The second kappa shape index (κ2) is 3.20. The Morgan fingerprint density at radius 2 is 1.87 bits per heavy atom. The van der Waals surface area contributed by atoms with E-state index in [2.05, 4.69) is 0 Å². The summed E-state index contributed by atoms with van der Waals surface area (Å²) in [6, 6.07) is 6.27. The van der Waals surface area contributed by atoms with E-state index in [1.54, 1.807) is 24.3 Å². The highest BCUT2D eigenvalue weighted by molar-refractivity contribution is 7.91. The van der Waals surface area contributed by atoms with E-state index < -0.39 is 21.3 Å². The third-order valence-electron chi connectivity index (χ3n) is 2.69. The molecule has 0 aliphatic carbocycles. The zero-order valence-electron chi connectivity index (χ0n) is 8.11. The van der Waals surface area contributed by atoms with Gasteiger partial charge in [-0.05, 0) is 17.7 Å². The lowest BCUT2D eigenvalue weighted by molar-refractivity contribution is 0.202. The largest absolute Gasteiger partial charge is 0.399 e. The molecule has 15 heavy (non-hydrogen) atoms. The van der Waals surface area contributed by atoms with E-state index in [-0.39, 0.29) is 12.2 Å². The highest BCUT2D eigenvalue weighted by Gasteiger charge is 2.43. The smallest absolute Gasteiger partial charge is 0.153 e. The molecule has 2 N–H and O–H groups in total. The van der Waals surface area contributed by atoms with Gasteiger partial charge in [0.1, 0.15) is 0 Å². The monoisotopic (exact) mass is 229 g/mol. The number of hydrogen-bond donors (Lipinski definition) is 1. The molecule has 2 rings (SSSR count). The molecule has 1 unspecified atom stereocenters. The molecule has 1 aliphatic heterocycles.